The Balaban J connectivity index is 1.89. The molecule has 1 aromatic heterocycles. The van der Waals surface area contributed by atoms with Gasteiger partial charge >= 0.3 is 0 Å². The predicted molar refractivity (Wildman–Crippen MR) is 98.9 cm³/mol. The summed E-state index contributed by atoms with van der Waals surface area (Å²) in [5.41, 5.74) is 3.73. The molecule has 1 aromatic carbocycles. The first-order valence-corrected chi connectivity index (χ1v) is 10.2. The summed E-state index contributed by atoms with van der Waals surface area (Å²) in [7, 11) is 2.57. The van der Waals surface area contributed by atoms with Crippen LogP contribution in [-0.2, 0) is 23.5 Å². The highest BCUT2D eigenvalue weighted by Gasteiger charge is 2.22. The molecule has 0 atom stereocenters. The Morgan fingerprint density at radius 2 is 1.92 bits per heavy atom. The van der Waals surface area contributed by atoms with Crippen LogP contribution >= 0.6 is 0 Å². The highest BCUT2D eigenvalue weighted by Crippen LogP contribution is 2.34. The summed E-state index contributed by atoms with van der Waals surface area (Å²) in [6, 6.07) is 6.36. The molecule has 5 nitrogen and oxygen atoms in total. The molecule has 1 N–H and O–H groups in total. The number of benzene rings is 1. The third kappa shape index (κ3) is 3.66. The van der Waals surface area contributed by atoms with Crippen molar-refractivity contribution in [1.29, 1.82) is 0 Å². The summed E-state index contributed by atoms with van der Waals surface area (Å²) >= 11 is 0. The number of aromatic nitrogens is 1. The van der Waals surface area contributed by atoms with Crippen molar-refractivity contribution in [2.75, 3.05) is 32.9 Å². The summed E-state index contributed by atoms with van der Waals surface area (Å²) in [6.45, 7) is 2.28. The average molecular weight is 350 g/mol. The Morgan fingerprint density at radius 3 is 2.58 bits per heavy atom. The molecule has 132 valence electrons. The second kappa shape index (κ2) is 6.86. The third-order valence-electron chi connectivity index (χ3n) is 5.21. The van der Waals surface area contributed by atoms with E-state index in [4.69, 9.17) is 0 Å². The van der Waals surface area contributed by atoms with Crippen molar-refractivity contribution in [3.8, 4) is 0 Å². The van der Waals surface area contributed by atoms with Crippen LogP contribution in [0.5, 0.6) is 0 Å². The van der Waals surface area contributed by atoms with Gasteiger partial charge in [0.2, 0.25) is 10.0 Å². The molecule has 0 spiro atoms. The number of aryl methyl sites for hydroxylation is 2. The zero-order valence-electron chi connectivity index (χ0n) is 14.7. The molecule has 2 aromatic rings. The minimum Gasteiger partial charge on any atom is -0.350 e. The molecule has 1 aliphatic rings. The van der Waals surface area contributed by atoms with Crippen LogP contribution in [-0.4, -0.2) is 50.8 Å². The van der Waals surface area contributed by atoms with Crippen LogP contribution in [0.15, 0.2) is 24.4 Å². The van der Waals surface area contributed by atoms with Gasteiger partial charge in [-0.25, -0.2) is 13.1 Å². The van der Waals surface area contributed by atoms with Crippen molar-refractivity contribution < 1.29 is 8.42 Å². The molecule has 0 radical (unpaired) electrons. The Labute approximate surface area is 144 Å². The van der Waals surface area contributed by atoms with E-state index in [0.717, 1.165) is 18.7 Å². The maximum absolute atomic E-state index is 11.7. The summed E-state index contributed by atoms with van der Waals surface area (Å²) in [5.74, 6) is 0.729. The average Bonchev–Trinajstić information content (AvgIpc) is 2.90. The number of piperidine rings is 1. The van der Waals surface area contributed by atoms with E-state index in [-0.39, 0.29) is 5.75 Å². The molecule has 2 heterocycles. The molecule has 1 aliphatic heterocycles. The fourth-order valence-electron chi connectivity index (χ4n) is 3.62. The second-order valence-electron chi connectivity index (χ2n) is 6.90. The highest BCUT2D eigenvalue weighted by atomic mass is 32.2. The Bertz CT molecular complexity index is 818. The van der Waals surface area contributed by atoms with Gasteiger partial charge in [-0.2, -0.15) is 0 Å². The van der Waals surface area contributed by atoms with Crippen molar-refractivity contribution in [3.05, 3.63) is 35.5 Å². The lowest BCUT2D eigenvalue weighted by Crippen LogP contribution is -2.29. The van der Waals surface area contributed by atoms with E-state index >= 15 is 0 Å². The number of hydrogen-bond donors (Lipinski definition) is 1. The van der Waals surface area contributed by atoms with Crippen molar-refractivity contribution in [3.63, 3.8) is 0 Å². The van der Waals surface area contributed by atoms with E-state index in [0.29, 0.717) is 12.3 Å². The summed E-state index contributed by atoms with van der Waals surface area (Å²) in [5, 5.41) is 1.28. The van der Waals surface area contributed by atoms with Crippen LogP contribution in [0, 0.1) is 0 Å². The maximum Gasteiger partial charge on any atom is 0.211 e. The Hall–Kier alpha value is -1.37. The standard InChI is InChI=1S/C18H27N3O2S/c1-19-24(22,23)11-8-14-4-5-18-16(12-14)17(13-21(18)3)15-6-9-20(2)10-7-15/h4-5,12-13,15,19H,6-11H2,1-3H3. The molecule has 0 unspecified atom stereocenters. The van der Waals surface area contributed by atoms with E-state index in [9.17, 15) is 8.42 Å². The fourth-order valence-corrected chi connectivity index (χ4v) is 4.33. The number of likely N-dealkylation sites (tertiary alicyclic amines) is 1. The molecule has 1 saturated heterocycles. The van der Waals surface area contributed by atoms with E-state index < -0.39 is 10.0 Å². The smallest absolute Gasteiger partial charge is 0.211 e. The molecular weight excluding hydrogens is 322 g/mol. The van der Waals surface area contributed by atoms with Crippen molar-refractivity contribution >= 4 is 20.9 Å². The van der Waals surface area contributed by atoms with Crippen LogP contribution < -0.4 is 4.72 Å². The van der Waals surface area contributed by atoms with Gasteiger partial charge in [0.05, 0.1) is 5.75 Å². The number of hydrogen-bond acceptors (Lipinski definition) is 3. The van der Waals surface area contributed by atoms with Crippen LogP contribution in [0.2, 0.25) is 0 Å². The second-order valence-corrected chi connectivity index (χ2v) is 8.94. The first kappa shape index (κ1) is 17.5. The Morgan fingerprint density at radius 1 is 1.21 bits per heavy atom. The van der Waals surface area contributed by atoms with Crippen LogP contribution in [0.4, 0.5) is 0 Å². The zero-order valence-corrected chi connectivity index (χ0v) is 15.6. The monoisotopic (exact) mass is 349 g/mol. The van der Waals surface area contributed by atoms with Gasteiger partial charge in [0.15, 0.2) is 0 Å². The lowest BCUT2D eigenvalue weighted by atomic mass is 9.89. The van der Waals surface area contributed by atoms with Gasteiger partial charge in [-0.1, -0.05) is 6.07 Å². The number of rotatable bonds is 5. The van der Waals surface area contributed by atoms with Crippen molar-refractivity contribution in [1.82, 2.24) is 14.2 Å². The molecule has 6 heteroatoms. The quantitative estimate of drug-likeness (QED) is 0.899. The summed E-state index contributed by atoms with van der Waals surface area (Å²) in [4.78, 5) is 2.38. The van der Waals surface area contributed by atoms with Gasteiger partial charge in [-0.3, -0.25) is 0 Å². The van der Waals surface area contributed by atoms with E-state index in [1.165, 1.54) is 36.4 Å². The van der Waals surface area contributed by atoms with Gasteiger partial charge in [0, 0.05) is 24.1 Å². The fraction of sp³-hybridized carbons (Fsp3) is 0.556. The van der Waals surface area contributed by atoms with E-state index in [1.807, 2.05) is 6.07 Å². The molecule has 1 fully saturated rings. The molecule has 24 heavy (non-hydrogen) atoms. The Kier molecular flexibility index (Phi) is 4.99. The molecule has 0 saturated carbocycles. The number of nitrogens with one attached hydrogen (secondary N) is 1. The topological polar surface area (TPSA) is 54.3 Å². The highest BCUT2D eigenvalue weighted by molar-refractivity contribution is 7.89. The van der Waals surface area contributed by atoms with Gasteiger partial charge in [0.1, 0.15) is 0 Å². The van der Waals surface area contributed by atoms with Gasteiger partial charge in [0.25, 0.3) is 0 Å². The van der Waals surface area contributed by atoms with Crippen LogP contribution in [0.3, 0.4) is 0 Å². The number of nitrogens with zero attached hydrogens (tertiary/aromatic N) is 2. The lowest BCUT2D eigenvalue weighted by Gasteiger charge is -2.28. The third-order valence-corrected chi connectivity index (χ3v) is 6.58. The summed E-state index contributed by atoms with van der Waals surface area (Å²) < 4.78 is 27.9. The molecule has 3 rings (SSSR count). The molecule has 0 bridgehead atoms. The number of fused-ring (bicyclic) bond motifs is 1. The zero-order chi connectivity index (χ0) is 17.3. The largest absolute Gasteiger partial charge is 0.350 e. The maximum atomic E-state index is 11.7. The summed E-state index contributed by atoms with van der Waals surface area (Å²) in [6.07, 6.45) is 5.18. The van der Waals surface area contributed by atoms with Gasteiger partial charge in [-0.05, 0) is 75.6 Å². The first-order valence-electron chi connectivity index (χ1n) is 8.57. The lowest BCUT2D eigenvalue weighted by molar-refractivity contribution is 0.256. The van der Waals surface area contributed by atoms with Crippen LogP contribution in [0.1, 0.15) is 29.9 Å². The van der Waals surface area contributed by atoms with Gasteiger partial charge in [-0.15, -0.1) is 0 Å². The van der Waals surface area contributed by atoms with Crippen molar-refractivity contribution in [2.45, 2.75) is 25.2 Å². The molecule has 0 aliphatic carbocycles. The SMILES string of the molecule is CNS(=O)(=O)CCc1ccc2c(c1)c(C1CCN(C)CC1)cn2C. The minimum atomic E-state index is -3.16. The van der Waals surface area contributed by atoms with Gasteiger partial charge < -0.3 is 9.47 Å². The minimum absolute atomic E-state index is 0.130. The van der Waals surface area contributed by atoms with E-state index in [1.54, 1.807) is 0 Å². The van der Waals surface area contributed by atoms with E-state index in [2.05, 4.69) is 46.6 Å². The van der Waals surface area contributed by atoms with Crippen molar-refractivity contribution in [2.24, 2.45) is 7.05 Å². The normalized spacial score (nSPS) is 17.6. The van der Waals surface area contributed by atoms with Crippen LogP contribution in [0.25, 0.3) is 10.9 Å². The first-order chi connectivity index (χ1) is 11.4. The molecular formula is C18H27N3O2S. The molecule has 0 amide bonds. The number of sulfonamides is 1. The predicted octanol–water partition coefficient (Wildman–Crippen LogP) is 2.08.